The van der Waals surface area contributed by atoms with Gasteiger partial charge in [0.05, 0.1) is 11.1 Å². The molecule has 0 aromatic carbocycles. The normalized spacial score (nSPS) is 21.5. The largest absolute Gasteiger partial charge is 0.369 e. The first kappa shape index (κ1) is 15.6. The Bertz CT molecular complexity index is 867. The number of nitrogens with two attached hydrogens (primary N) is 1. The van der Waals surface area contributed by atoms with Crippen LogP contribution < -0.4 is 10.6 Å². The first-order valence-corrected chi connectivity index (χ1v) is 9.34. The number of thiazole rings is 1. The van der Waals surface area contributed by atoms with E-state index in [-0.39, 0.29) is 5.54 Å². The predicted octanol–water partition coefficient (Wildman–Crippen LogP) is 3.70. The van der Waals surface area contributed by atoms with Crippen LogP contribution in [0.5, 0.6) is 0 Å². The van der Waals surface area contributed by atoms with Crippen LogP contribution in [0.1, 0.15) is 31.1 Å². The van der Waals surface area contributed by atoms with Crippen molar-refractivity contribution in [2.75, 3.05) is 18.0 Å². The Labute approximate surface area is 145 Å². The summed E-state index contributed by atoms with van der Waals surface area (Å²) in [5.74, 6) is 0. The third-order valence-electron chi connectivity index (χ3n) is 5.06. The van der Waals surface area contributed by atoms with E-state index in [1.807, 2.05) is 18.6 Å². The van der Waals surface area contributed by atoms with Gasteiger partial charge in [0.25, 0.3) is 0 Å². The number of H-pyrrole nitrogens is 1. The van der Waals surface area contributed by atoms with Crippen LogP contribution in [0.25, 0.3) is 21.6 Å². The van der Waals surface area contributed by atoms with Crippen LogP contribution in [-0.4, -0.2) is 33.6 Å². The van der Waals surface area contributed by atoms with Crippen molar-refractivity contribution < 1.29 is 0 Å². The van der Waals surface area contributed by atoms with Crippen molar-refractivity contribution in [2.45, 2.75) is 38.6 Å². The number of piperidine rings is 1. The summed E-state index contributed by atoms with van der Waals surface area (Å²) in [6.45, 7) is 6.21. The zero-order valence-electron chi connectivity index (χ0n) is 14.2. The van der Waals surface area contributed by atoms with E-state index < -0.39 is 0 Å². The van der Waals surface area contributed by atoms with Gasteiger partial charge >= 0.3 is 0 Å². The molecule has 1 atom stereocenters. The summed E-state index contributed by atoms with van der Waals surface area (Å²) in [6, 6.07) is 2.11. The van der Waals surface area contributed by atoms with E-state index in [1.54, 1.807) is 11.3 Å². The highest BCUT2D eigenvalue weighted by molar-refractivity contribution is 7.15. The maximum Gasteiger partial charge on any atom is 0.140 e. The van der Waals surface area contributed by atoms with Gasteiger partial charge < -0.3 is 15.6 Å². The van der Waals surface area contributed by atoms with Gasteiger partial charge in [-0.1, -0.05) is 6.92 Å². The van der Waals surface area contributed by atoms with Gasteiger partial charge in [0.15, 0.2) is 0 Å². The Kier molecular flexibility index (Phi) is 3.81. The summed E-state index contributed by atoms with van der Waals surface area (Å²) in [5, 5.41) is 2.20. The predicted molar refractivity (Wildman–Crippen MR) is 101 cm³/mol. The number of aromatic amines is 1. The summed E-state index contributed by atoms with van der Waals surface area (Å²) in [7, 11) is 0. The molecule has 1 aliphatic heterocycles. The van der Waals surface area contributed by atoms with Gasteiger partial charge in [-0.05, 0) is 32.3 Å². The SMILES string of the molecule is CCC1(N)CCCN(c2ccnc3[nH]cc(-c4ncc(C)s4)c23)C1. The molecule has 0 amide bonds. The van der Waals surface area contributed by atoms with Gasteiger partial charge in [-0.25, -0.2) is 9.97 Å². The van der Waals surface area contributed by atoms with Crippen LogP contribution in [0.4, 0.5) is 5.69 Å². The molecule has 0 saturated carbocycles. The molecule has 3 N–H and O–H groups in total. The minimum atomic E-state index is -0.0952. The Hall–Kier alpha value is -1.92. The fourth-order valence-electron chi connectivity index (χ4n) is 3.61. The highest BCUT2D eigenvalue weighted by atomic mass is 32.1. The van der Waals surface area contributed by atoms with Crippen molar-refractivity contribution >= 4 is 28.1 Å². The van der Waals surface area contributed by atoms with Crippen molar-refractivity contribution in [3.05, 3.63) is 29.5 Å². The third kappa shape index (κ3) is 2.59. The van der Waals surface area contributed by atoms with E-state index in [2.05, 4.69) is 39.8 Å². The second kappa shape index (κ2) is 5.86. The molecule has 0 spiro atoms. The summed E-state index contributed by atoms with van der Waals surface area (Å²) in [6.07, 6.45) is 9.06. The van der Waals surface area contributed by atoms with Crippen molar-refractivity contribution in [1.29, 1.82) is 0 Å². The number of hydrogen-bond donors (Lipinski definition) is 2. The second-order valence-electron chi connectivity index (χ2n) is 6.77. The summed E-state index contributed by atoms with van der Waals surface area (Å²) < 4.78 is 0. The average Bonchev–Trinajstić information content (AvgIpc) is 3.20. The molecular formula is C18H23N5S. The third-order valence-corrected chi connectivity index (χ3v) is 6.00. The summed E-state index contributed by atoms with van der Waals surface area (Å²) in [4.78, 5) is 16.0. The van der Waals surface area contributed by atoms with Gasteiger partial charge in [0.2, 0.25) is 0 Å². The van der Waals surface area contributed by atoms with Crippen molar-refractivity contribution in [3.8, 4) is 10.6 Å². The highest BCUT2D eigenvalue weighted by Crippen LogP contribution is 2.38. The lowest BCUT2D eigenvalue weighted by Gasteiger charge is -2.41. The molecule has 126 valence electrons. The Balaban J connectivity index is 1.82. The molecule has 0 radical (unpaired) electrons. The van der Waals surface area contributed by atoms with Crippen molar-refractivity contribution in [1.82, 2.24) is 15.0 Å². The molecule has 6 heteroatoms. The smallest absolute Gasteiger partial charge is 0.140 e. The van der Waals surface area contributed by atoms with Gasteiger partial charge in [0, 0.05) is 47.7 Å². The van der Waals surface area contributed by atoms with E-state index >= 15 is 0 Å². The van der Waals surface area contributed by atoms with Gasteiger partial charge in [0.1, 0.15) is 10.7 Å². The molecule has 0 bridgehead atoms. The monoisotopic (exact) mass is 341 g/mol. The van der Waals surface area contributed by atoms with Crippen LogP contribution in [-0.2, 0) is 0 Å². The average molecular weight is 341 g/mol. The number of anilines is 1. The molecule has 1 saturated heterocycles. The Morgan fingerprint density at radius 3 is 3.04 bits per heavy atom. The quantitative estimate of drug-likeness (QED) is 0.762. The number of rotatable bonds is 3. The highest BCUT2D eigenvalue weighted by Gasteiger charge is 2.31. The molecule has 3 aromatic rings. The van der Waals surface area contributed by atoms with Gasteiger partial charge in [-0.2, -0.15) is 0 Å². The first-order valence-electron chi connectivity index (χ1n) is 8.52. The lowest BCUT2D eigenvalue weighted by atomic mass is 9.87. The number of nitrogens with one attached hydrogen (secondary N) is 1. The maximum absolute atomic E-state index is 6.58. The molecule has 0 aliphatic carbocycles. The molecule has 3 aromatic heterocycles. The van der Waals surface area contributed by atoms with Crippen LogP contribution >= 0.6 is 11.3 Å². The molecule has 1 fully saturated rings. The Morgan fingerprint density at radius 2 is 2.29 bits per heavy atom. The Morgan fingerprint density at radius 1 is 1.42 bits per heavy atom. The number of nitrogens with zero attached hydrogens (tertiary/aromatic N) is 3. The maximum atomic E-state index is 6.58. The standard InChI is InChI=1S/C18H23N5S/c1-3-18(19)6-4-8-23(11-18)14-5-7-20-16-15(14)13(10-21-16)17-22-9-12(2)24-17/h5,7,9-10H,3-4,6,8,11,19H2,1-2H3,(H,20,21). The minimum absolute atomic E-state index is 0.0952. The summed E-state index contributed by atoms with van der Waals surface area (Å²) >= 11 is 1.72. The number of aromatic nitrogens is 3. The number of fused-ring (bicyclic) bond motifs is 1. The fraction of sp³-hybridized carbons (Fsp3) is 0.444. The molecule has 24 heavy (non-hydrogen) atoms. The topological polar surface area (TPSA) is 70.8 Å². The first-order chi connectivity index (χ1) is 11.6. The van der Waals surface area contributed by atoms with E-state index in [1.165, 1.54) is 10.6 Å². The van der Waals surface area contributed by atoms with Crippen molar-refractivity contribution in [3.63, 3.8) is 0 Å². The number of pyridine rings is 1. The molecular weight excluding hydrogens is 318 g/mol. The van der Waals surface area contributed by atoms with Crippen molar-refractivity contribution in [2.24, 2.45) is 5.73 Å². The fourth-order valence-corrected chi connectivity index (χ4v) is 4.39. The minimum Gasteiger partial charge on any atom is -0.369 e. The molecule has 4 rings (SSSR count). The molecule has 4 heterocycles. The molecule has 5 nitrogen and oxygen atoms in total. The zero-order valence-corrected chi connectivity index (χ0v) is 15.0. The number of hydrogen-bond acceptors (Lipinski definition) is 5. The van der Waals surface area contributed by atoms with Crippen LogP contribution in [0.15, 0.2) is 24.7 Å². The van der Waals surface area contributed by atoms with Gasteiger partial charge in [-0.3, -0.25) is 0 Å². The van der Waals surface area contributed by atoms with E-state index in [4.69, 9.17) is 5.73 Å². The second-order valence-corrected chi connectivity index (χ2v) is 8.01. The lowest BCUT2D eigenvalue weighted by molar-refractivity contribution is 0.335. The van der Waals surface area contributed by atoms with Crippen LogP contribution in [0, 0.1) is 6.92 Å². The van der Waals surface area contributed by atoms with E-state index in [0.717, 1.165) is 54.0 Å². The van der Waals surface area contributed by atoms with Crippen LogP contribution in [0.3, 0.4) is 0 Å². The number of aryl methyl sites for hydroxylation is 1. The van der Waals surface area contributed by atoms with E-state index in [9.17, 15) is 0 Å². The summed E-state index contributed by atoms with van der Waals surface area (Å²) in [5.41, 5.74) is 9.75. The van der Waals surface area contributed by atoms with E-state index in [0.29, 0.717) is 0 Å². The lowest BCUT2D eigenvalue weighted by Crippen LogP contribution is -2.54. The molecule has 1 unspecified atom stereocenters. The van der Waals surface area contributed by atoms with Gasteiger partial charge in [-0.15, -0.1) is 11.3 Å². The zero-order chi connectivity index (χ0) is 16.7. The molecule has 1 aliphatic rings. The van der Waals surface area contributed by atoms with Crippen LogP contribution in [0.2, 0.25) is 0 Å².